The van der Waals surface area contributed by atoms with Crippen molar-refractivity contribution in [3.63, 3.8) is 0 Å². The van der Waals surface area contributed by atoms with E-state index in [4.69, 9.17) is 0 Å². The lowest BCUT2D eigenvalue weighted by molar-refractivity contribution is 0.683. The Bertz CT molecular complexity index is 181. The Kier molecular flexibility index (Phi) is 11.5. The van der Waals surface area contributed by atoms with Crippen molar-refractivity contribution in [1.29, 1.82) is 0 Å². The van der Waals surface area contributed by atoms with Crippen molar-refractivity contribution in [2.24, 2.45) is 0 Å². The molecule has 1 nitrogen and oxygen atoms in total. The van der Waals surface area contributed by atoms with Crippen molar-refractivity contribution >= 4 is 31.9 Å². The minimum absolute atomic E-state index is 1.14. The normalized spacial score (nSPS) is 9.36. The molecule has 0 aromatic carbocycles. The summed E-state index contributed by atoms with van der Waals surface area (Å²) in [6, 6.07) is 4.10. The molecule has 3 heteroatoms. The zero-order valence-corrected chi connectivity index (χ0v) is 11.9. The number of hydrogen-bond donors (Lipinski definition) is 0. The summed E-state index contributed by atoms with van der Waals surface area (Å²) in [6.07, 6.45) is 7.96. The fourth-order valence-electron chi connectivity index (χ4n) is 0.966. The van der Waals surface area contributed by atoms with Gasteiger partial charge >= 0.3 is 0 Å². The van der Waals surface area contributed by atoms with Crippen molar-refractivity contribution in [1.82, 2.24) is 4.57 Å². The summed E-state index contributed by atoms with van der Waals surface area (Å²) in [7, 11) is 0. The molecule has 1 rings (SSSR count). The first-order valence-electron chi connectivity index (χ1n) is 5.07. The van der Waals surface area contributed by atoms with Gasteiger partial charge in [0.25, 0.3) is 0 Å². The number of halogens is 2. The van der Waals surface area contributed by atoms with Crippen LogP contribution in [-0.2, 0) is 6.54 Å². The molecule has 1 aromatic rings. The summed E-state index contributed by atoms with van der Waals surface area (Å²) in [4.78, 5) is 0. The average molecular weight is 325 g/mol. The standard InChI is InChI=1S/C7H11N.C4H8Br2/c1-2-5-8-6-3-4-7-8;5-3-1-2-4-6/h3-4,6-7H,2,5H2,1H3;1-4H2. The SMILES string of the molecule is BrCCCCBr.CCCn1cccc1. The van der Waals surface area contributed by atoms with Crippen LogP contribution in [0, 0.1) is 0 Å². The highest BCUT2D eigenvalue weighted by Crippen LogP contribution is 1.95. The van der Waals surface area contributed by atoms with Crippen LogP contribution >= 0.6 is 31.9 Å². The van der Waals surface area contributed by atoms with E-state index in [1.807, 2.05) is 0 Å². The molecule has 0 saturated heterocycles. The van der Waals surface area contributed by atoms with Crippen LogP contribution in [0.3, 0.4) is 0 Å². The maximum Gasteiger partial charge on any atom is 0.0216 e. The topological polar surface area (TPSA) is 4.93 Å². The Labute approximate surface area is 104 Å². The molecule has 14 heavy (non-hydrogen) atoms. The monoisotopic (exact) mass is 323 g/mol. The van der Waals surface area contributed by atoms with Gasteiger partial charge in [-0.05, 0) is 31.4 Å². The van der Waals surface area contributed by atoms with Crippen LogP contribution in [0.15, 0.2) is 24.5 Å². The summed E-state index contributed by atoms with van der Waals surface area (Å²) in [5.74, 6) is 0. The average Bonchev–Trinajstić information content (AvgIpc) is 2.69. The highest BCUT2D eigenvalue weighted by atomic mass is 79.9. The van der Waals surface area contributed by atoms with Crippen LogP contribution in [0.1, 0.15) is 26.2 Å². The second kappa shape index (κ2) is 11.3. The maximum atomic E-state index is 3.33. The van der Waals surface area contributed by atoms with Crippen LogP contribution in [0.5, 0.6) is 0 Å². The molecule has 0 amide bonds. The Morgan fingerprint density at radius 3 is 1.86 bits per heavy atom. The number of unbranched alkanes of at least 4 members (excludes halogenated alkanes) is 1. The second-order valence-electron chi connectivity index (χ2n) is 3.01. The van der Waals surface area contributed by atoms with Crippen LogP contribution in [-0.4, -0.2) is 15.2 Å². The van der Waals surface area contributed by atoms with Gasteiger partial charge in [-0.1, -0.05) is 38.8 Å². The van der Waals surface area contributed by atoms with Crippen LogP contribution < -0.4 is 0 Å². The number of nitrogens with zero attached hydrogens (tertiary/aromatic N) is 1. The Morgan fingerprint density at radius 2 is 1.50 bits per heavy atom. The number of aromatic nitrogens is 1. The minimum atomic E-state index is 1.14. The molecule has 0 unspecified atom stereocenters. The van der Waals surface area contributed by atoms with Crippen LogP contribution in [0.25, 0.3) is 0 Å². The van der Waals surface area contributed by atoms with Crippen LogP contribution in [0.2, 0.25) is 0 Å². The van der Waals surface area contributed by atoms with E-state index in [-0.39, 0.29) is 0 Å². The van der Waals surface area contributed by atoms with Gasteiger partial charge in [0.05, 0.1) is 0 Å². The molecule has 0 fully saturated rings. The fourth-order valence-corrected chi connectivity index (χ4v) is 1.76. The predicted molar refractivity (Wildman–Crippen MR) is 71.5 cm³/mol. The van der Waals surface area contributed by atoms with Gasteiger partial charge in [0.1, 0.15) is 0 Å². The molecule has 0 bridgehead atoms. The fraction of sp³-hybridized carbons (Fsp3) is 0.636. The Hall–Kier alpha value is 0.240. The molecule has 1 aromatic heterocycles. The zero-order chi connectivity index (χ0) is 10.6. The number of rotatable bonds is 5. The summed E-state index contributed by atoms with van der Waals surface area (Å²) in [5.41, 5.74) is 0. The van der Waals surface area contributed by atoms with E-state index in [0.717, 1.165) is 17.2 Å². The van der Waals surface area contributed by atoms with E-state index >= 15 is 0 Å². The molecule has 0 saturated carbocycles. The lowest BCUT2D eigenvalue weighted by Gasteiger charge is -1.94. The summed E-state index contributed by atoms with van der Waals surface area (Å²) < 4.78 is 2.18. The first-order chi connectivity index (χ1) is 6.85. The van der Waals surface area contributed by atoms with Crippen molar-refractivity contribution in [2.75, 3.05) is 10.7 Å². The van der Waals surface area contributed by atoms with E-state index in [0.29, 0.717) is 0 Å². The molecular weight excluding hydrogens is 306 g/mol. The lowest BCUT2D eigenvalue weighted by Crippen LogP contribution is -1.89. The number of alkyl halides is 2. The number of hydrogen-bond acceptors (Lipinski definition) is 0. The highest BCUT2D eigenvalue weighted by molar-refractivity contribution is 9.09. The highest BCUT2D eigenvalue weighted by Gasteiger charge is 1.81. The van der Waals surface area contributed by atoms with Gasteiger partial charge in [-0.15, -0.1) is 0 Å². The molecule has 0 aliphatic rings. The maximum absolute atomic E-state index is 3.33. The number of aryl methyl sites for hydroxylation is 1. The first kappa shape index (κ1) is 14.2. The summed E-state index contributed by atoms with van der Waals surface area (Å²) >= 11 is 6.66. The van der Waals surface area contributed by atoms with Gasteiger partial charge in [-0.2, -0.15) is 0 Å². The molecule has 1 heterocycles. The molecule has 0 N–H and O–H groups in total. The van der Waals surface area contributed by atoms with Gasteiger partial charge in [0.15, 0.2) is 0 Å². The van der Waals surface area contributed by atoms with Gasteiger partial charge < -0.3 is 4.57 Å². The Balaban J connectivity index is 0.000000255. The summed E-state index contributed by atoms with van der Waals surface area (Å²) in [6.45, 7) is 3.33. The molecule has 82 valence electrons. The quantitative estimate of drug-likeness (QED) is 0.557. The Morgan fingerprint density at radius 1 is 1.00 bits per heavy atom. The van der Waals surface area contributed by atoms with E-state index in [1.54, 1.807) is 0 Å². The molecule has 0 aliphatic carbocycles. The molecule has 0 radical (unpaired) electrons. The lowest BCUT2D eigenvalue weighted by atomic mass is 10.4. The third-order valence-electron chi connectivity index (χ3n) is 1.67. The largest absolute Gasteiger partial charge is 0.354 e. The second-order valence-corrected chi connectivity index (χ2v) is 4.59. The zero-order valence-electron chi connectivity index (χ0n) is 8.76. The van der Waals surface area contributed by atoms with Gasteiger partial charge in [-0.3, -0.25) is 0 Å². The van der Waals surface area contributed by atoms with Crippen molar-refractivity contribution in [3.8, 4) is 0 Å². The van der Waals surface area contributed by atoms with Gasteiger partial charge in [0.2, 0.25) is 0 Å². The van der Waals surface area contributed by atoms with E-state index < -0.39 is 0 Å². The minimum Gasteiger partial charge on any atom is -0.354 e. The van der Waals surface area contributed by atoms with E-state index in [2.05, 4.69) is 67.9 Å². The third-order valence-corrected chi connectivity index (χ3v) is 2.79. The smallest absolute Gasteiger partial charge is 0.0216 e. The molecule has 0 atom stereocenters. The molecule has 0 spiro atoms. The molecular formula is C11H19Br2N. The van der Waals surface area contributed by atoms with Crippen LogP contribution in [0.4, 0.5) is 0 Å². The van der Waals surface area contributed by atoms with Crippen molar-refractivity contribution < 1.29 is 0 Å². The van der Waals surface area contributed by atoms with Crippen molar-refractivity contribution in [2.45, 2.75) is 32.7 Å². The third kappa shape index (κ3) is 8.82. The molecule has 0 aliphatic heterocycles. The predicted octanol–water partition coefficient (Wildman–Crippen LogP) is 4.45. The van der Waals surface area contributed by atoms with E-state index in [1.165, 1.54) is 19.3 Å². The summed E-state index contributed by atoms with van der Waals surface area (Å²) in [5, 5.41) is 2.28. The van der Waals surface area contributed by atoms with Crippen molar-refractivity contribution in [3.05, 3.63) is 24.5 Å². The van der Waals surface area contributed by atoms with Gasteiger partial charge in [-0.25, -0.2) is 0 Å². The van der Waals surface area contributed by atoms with Gasteiger partial charge in [0, 0.05) is 29.6 Å². The van der Waals surface area contributed by atoms with E-state index in [9.17, 15) is 0 Å². The first-order valence-corrected chi connectivity index (χ1v) is 7.32.